The number of aromatic nitrogens is 1. The molecule has 32 heavy (non-hydrogen) atoms. The van der Waals surface area contributed by atoms with Crippen LogP contribution in [0.2, 0.25) is 5.02 Å². The van der Waals surface area contributed by atoms with E-state index in [1.54, 1.807) is 19.1 Å². The Morgan fingerprint density at radius 3 is 2.19 bits per heavy atom. The average molecular weight is 476 g/mol. The summed E-state index contributed by atoms with van der Waals surface area (Å²) in [5.41, 5.74) is 1.32. The van der Waals surface area contributed by atoms with Crippen LogP contribution in [0.4, 0.5) is 13.2 Å². The standard InChI is InChI=1S/C24H17ClF3NO2S/c1-14-11-18(17-9-6-10-20(23(17)29-14)24(26,27)28)19-12-16(15-7-4-3-5-8-15)13-21(22(19)25)32(2,30)31/h3-13H,1-2H3. The Morgan fingerprint density at radius 2 is 1.56 bits per heavy atom. The fourth-order valence-electron chi connectivity index (χ4n) is 3.69. The van der Waals surface area contributed by atoms with Gasteiger partial charge in [-0.05, 0) is 47.9 Å². The van der Waals surface area contributed by atoms with Gasteiger partial charge in [0.1, 0.15) is 0 Å². The molecule has 4 rings (SSSR count). The summed E-state index contributed by atoms with van der Waals surface area (Å²) < 4.78 is 65.9. The van der Waals surface area contributed by atoms with Crippen molar-refractivity contribution in [1.29, 1.82) is 0 Å². The lowest BCUT2D eigenvalue weighted by atomic mass is 9.95. The lowest BCUT2D eigenvalue weighted by Crippen LogP contribution is -2.07. The second-order valence-electron chi connectivity index (χ2n) is 7.48. The topological polar surface area (TPSA) is 47.0 Å². The first-order valence-electron chi connectivity index (χ1n) is 9.54. The van der Waals surface area contributed by atoms with E-state index in [-0.39, 0.29) is 20.8 Å². The van der Waals surface area contributed by atoms with Gasteiger partial charge in [0.25, 0.3) is 0 Å². The van der Waals surface area contributed by atoms with Crippen molar-refractivity contribution in [3.63, 3.8) is 0 Å². The Hall–Kier alpha value is -2.90. The molecule has 0 aliphatic rings. The normalized spacial score (nSPS) is 12.3. The summed E-state index contributed by atoms with van der Waals surface area (Å²) >= 11 is 6.55. The molecule has 0 fully saturated rings. The predicted octanol–water partition coefficient (Wildman–Crippen LogP) is 6.95. The van der Waals surface area contributed by atoms with E-state index in [1.165, 1.54) is 18.2 Å². The van der Waals surface area contributed by atoms with Crippen LogP contribution in [0.3, 0.4) is 0 Å². The zero-order chi connectivity index (χ0) is 23.3. The van der Waals surface area contributed by atoms with Gasteiger partial charge in [0.15, 0.2) is 9.84 Å². The van der Waals surface area contributed by atoms with Crippen molar-refractivity contribution < 1.29 is 21.6 Å². The number of benzene rings is 3. The molecule has 0 radical (unpaired) electrons. The Bertz CT molecular complexity index is 1450. The fraction of sp³-hybridized carbons (Fsp3) is 0.125. The molecule has 3 nitrogen and oxygen atoms in total. The minimum atomic E-state index is -4.59. The number of hydrogen-bond acceptors (Lipinski definition) is 3. The summed E-state index contributed by atoms with van der Waals surface area (Å²) in [6.07, 6.45) is -3.55. The Balaban J connectivity index is 2.12. The molecule has 0 unspecified atom stereocenters. The molecule has 0 spiro atoms. The molecule has 1 heterocycles. The van der Waals surface area contributed by atoms with Crippen LogP contribution in [0.15, 0.2) is 71.6 Å². The van der Waals surface area contributed by atoms with Crippen molar-refractivity contribution in [2.75, 3.05) is 6.26 Å². The number of nitrogens with zero attached hydrogens (tertiary/aromatic N) is 1. The summed E-state index contributed by atoms with van der Waals surface area (Å²) in [4.78, 5) is 4.04. The van der Waals surface area contributed by atoms with E-state index in [1.807, 2.05) is 30.3 Å². The molecule has 8 heteroatoms. The van der Waals surface area contributed by atoms with E-state index in [0.29, 0.717) is 22.4 Å². The number of aryl methyl sites for hydroxylation is 1. The van der Waals surface area contributed by atoms with Crippen molar-refractivity contribution >= 4 is 32.3 Å². The number of alkyl halides is 3. The highest BCUT2D eigenvalue weighted by Crippen LogP contribution is 2.42. The average Bonchev–Trinajstić information content (AvgIpc) is 2.72. The summed E-state index contributed by atoms with van der Waals surface area (Å²) in [6.45, 7) is 1.59. The second kappa shape index (κ2) is 7.90. The van der Waals surface area contributed by atoms with E-state index in [2.05, 4.69) is 4.98 Å². The maximum atomic E-state index is 13.6. The van der Waals surface area contributed by atoms with Crippen molar-refractivity contribution in [2.45, 2.75) is 18.0 Å². The zero-order valence-electron chi connectivity index (χ0n) is 17.0. The molecule has 0 saturated carbocycles. The lowest BCUT2D eigenvalue weighted by Gasteiger charge is -2.17. The van der Waals surface area contributed by atoms with Crippen molar-refractivity contribution in [3.05, 3.63) is 83.0 Å². The van der Waals surface area contributed by atoms with E-state index < -0.39 is 21.6 Å². The smallest absolute Gasteiger partial charge is 0.252 e. The molecule has 0 N–H and O–H groups in total. The van der Waals surface area contributed by atoms with Crippen LogP contribution in [0.5, 0.6) is 0 Å². The molecule has 0 aliphatic heterocycles. The fourth-order valence-corrected chi connectivity index (χ4v) is 5.10. The quantitative estimate of drug-likeness (QED) is 0.322. The number of rotatable bonds is 3. The summed E-state index contributed by atoms with van der Waals surface area (Å²) in [5.74, 6) is 0. The van der Waals surface area contributed by atoms with Gasteiger partial charge in [0, 0.05) is 22.9 Å². The van der Waals surface area contributed by atoms with Crippen molar-refractivity contribution in [2.24, 2.45) is 0 Å². The zero-order valence-corrected chi connectivity index (χ0v) is 18.6. The minimum Gasteiger partial charge on any atom is -0.252 e. The first-order chi connectivity index (χ1) is 15.0. The summed E-state index contributed by atoms with van der Waals surface area (Å²) in [7, 11) is -3.72. The molecular formula is C24H17ClF3NO2S. The third kappa shape index (κ3) is 4.10. The van der Waals surface area contributed by atoms with Gasteiger partial charge in [-0.3, -0.25) is 4.98 Å². The highest BCUT2D eigenvalue weighted by molar-refractivity contribution is 7.90. The molecular weight excluding hydrogens is 459 g/mol. The van der Waals surface area contributed by atoms with Gasteiger partial charge in [0.2, 0.25) is 0 Å². The van der Waals surface area contributed by atoms with Crippen LogP contribution in [0.1, 0.15) is 11.3 Å². The van der Waals surface area contributed by atoms with E-state index in [0.717, 1.165) is 17.9 Å². The second-order valence-corrected chi connectivity index (χ2v) is 9.85. The maximum Gasteiger partial charge on any atom is 0.418 e. The number of pyridine rings is 1. The number of sulfone groups is 1. The summed E-state index contributed by atoms with van der Waals surface area (Å²) in [5, 5.41) is 0.188. The van der Waals surface area contributed by atoms with Crippen LogP contribution in [-0.2, 0) is 16.0 Å². The number of para-hydroxylation sites is 1. The maximum absolute atomic E-state index is 13.6. The van der Waals surface area contributed by atoms with E-state index >= 15 is 0 Å². The van der Waals surface area contributed by atoms with Crippen LogP contribution in [0, 0.1) is 6.92 Å². The predicted molar refractivity (Wildman–Crippen MR) is 120 cm³/mol. The molecule has 1 aromatic heterocycles. The molecule has 164 valence electrons. The lowest BCUT2D eigenvalue weighted by molar-refractivity contribution is -0.136. The summed E-state index contributed by atoms with van der Waals surface area (Å²) in [6, 6.07) is 17.7. The van der Waals surface area contributed by atoms with Gasteiger partial charge in [-0.2, -0.15) is 13.2 Å². The Labute approximate surface area is 188 Å². The monoisotopic (exact) mass is 475 g/mol. The highest BCUT2D eigenvalue weighted by atomic mass is 35.5. The number of fused-ring (bicyclic) bond motifs is 1. The third-order valence-electron chi connectivity index (χ3n) is 5.11. The molecule has 0 atom stereocenters. The molecule has 3 aromatic carbocycles. The Kier molecular flexibility index (Phi) is 5.51. The van der Waals surface area contributed by atoms with Gasteiger partial charge in [-0.25, -0.2) is 8.42 Å². The van der Waals surface area contributed by atoms with Crippen LogP contribution >= 0.6 is 11.6 Å². The van der Waals surface area contributed by atoms with Gasteiger partial charge in [-0.15, -0.1) is 0 Å². The molecule has 0 aliphatic carbocycles. The van der Waals surface area contributed by atoms with Gasteiger partial charge >= 0.3 is 6.18 Å². The highest BCUT2D eigenvalue weighted by Gasteiger charge is 2.33. The van der Waals surface area contributed by atoms with Crippen LogP contribution in [0.25, 0.3) is 33.2 Å². The molecule has 0 saturated heterocycles. The van der Waals surface area contributed by atoms with Gasteiger partial charge in [0.05, 0.1) is 21.0 Å². The van der Waals surface area contributed by atoms with E-state index in [4.69, 9.17) is 11.6 Å². The van der Waals surface area contributed by atoms with Crippen molar-refractivity contribution in [1.82, 2.24) is 4.98 Å². The third-order valence-corrected chi connectivity index (χ3v) is 6.75. The van der Waals surface area contributed by atoms with Crippen LogP contribution < -0.4 is 0 Å². The van der Waals surface area contributed by atoms with Crippen LogP contribution in [-0.4, -0.2) is 19.7 Å². The molecule has 4 aromatic rings. The van der Waals surface area contributed by atoms with Gasteiger partial charge < -0.3 is 0 Å². The molecule has 0 amide bonds. The Morgan fingerprint density at radius 1 is 0.875 bits per heavy atom. The minimum absolute atomic E-state index is 0.0449. The first kappa shape index (κ1) is 22.3. The number of halogens is 4. The van der Waals surface area contributed by atoms with E-state index in [9.17, 15) is 21.6 Å². The van der Waals surface area contributed by atoms with Gasteiger partial charge in [-0.1, -0.05) is 54.1 Å². The SMILES string of the molecule is Cc1cc(-c2cc(-c3ccccc3)cc(S(C)(=O)=O)c2Cl)c2cccc(C(F)(F)F)c2n1. The molecule has 0 bridgehead atoms. The number of hydrogen-bond donors (Lipinski definition) is 0. The van der Waals surface area contributed by atoms with Crippen molar-refractivity contribution in [3.8, 4) is 22.3 Å². The first-order valence-corrected chi connectivity index (χ1v) is 11.8. The largest absolute Gasteiger partial charge is 0.418 e.